The van der Waals surface area contributed by atoms with Gasteiger partial charge in [-0.05, 0) is 69.3 Å². The molecule has 2 N–H and O–H groups in total. The molecule has 0 atom stereocenters. The largest absolute Gasteiger partial charge is 0.330 e. The Labute approximate surface area is 133 Å². The second kappa shape index (κ2) is 6.68. The van der Waals surface area contributed by atoms with Gasteiger partial charge in [0.2, 0.25) is 0 Å². The summed E-state index contributed by atoms with van der Waals surface area (Å²) in [6, 6.07) is 9.12. The molecule has 2 nitrogen and oxygen atoms in total. The number of piperidine rings is 1. The van der Waals surface area contributed by atoms with Crippen LogP contribution in [0.4, 0.5) is 0 Å². The number of hydrogen-bond acceptors (Lipinski definition) is 2. The van der Waals surface area contributed by atoms with E-state index in [-0.39, 0.29) is 5.41 Å². The molecule has 21 heavy (non-hydrogen) atoms. The van der Waals surface area contributed by atoms with E-state index in [4.69, 9.17) is 17.3 Å². The van der Waals surface area contributed by atoms with Gasteiger partial charge in [0.1, 0.15) is 0 Å². The minimum absolute atomic E-state index is 0.150. The number of rotatable bonds is 3. The van der Waals surface area contributed by atoms with Gasteiger partial charge in [0.25, 0.3) is 0 Å². The molecule has 0 bridgehead atoms. The van der Waals surface area contributed by atoms with Crippen molar-refractivity contribution in [3.8, 4) is 0 Å². The monoisotopic (exact) mass is 306 g/mol. The van der Waals surface area contributed by atoms with E-state index in [1.807, 2.05) is 6.07 Å². The number of halogens is 1. The second-order valence-corrected chi connectivity index (χ2v) is 7.26. The first-order valence-electron chi connectivity index (χ1n) is 8.44. The maximum absolute atomic E-state index is 6.19. The molecule has 0 unspecified atom stereocenters. The molecule has 3 rings (SSSR count). The quantitative estimate of drug-likeness (QED) is 0.915. The van der Waals surface area contributed by atoms with Crippen LogP contribution in [-0.4, -0.2) is 30.6 Å². The van der Waals surface area contributed by atoms with Crippen LogP contribution in [0.5, 0.6) is 0 Å². The lowest BCUT2D eigenvalue weighted by molar-refractivity contribution is 0.106. The number of likely N-dealkylation sites (tertiary alicyclic amines) is 1. The van der Waals surface area contributed by atoms with Crippen LogP contribution in [0.15, 0.2) is 24.3 Å². The summed E-state index contributed by atoms with van der Waals surface area (Å²) in [5.74, 6) is 0. The van der Waals surface area contributed by atoms with Crippen LogP contribution in [0, 0.1) is 0 Å². The zero-order valence-corrected chi connectivity index (χ0v) is 13.6. The Morgan fingerprint density at radius 2 is 1.86 bits per heavy atom. The topological polar surface area (TPSA) is 29.3 Å². The van der Waals surface area contributed by atoms with Gasteiger partial charge in [-0.3, -0.25) is 0 Å². The van der Waals surface area contributed by atoms with Crippen LogP contribution >= 0.6 is 11.6 Å². The van der Waals surface area contributed by atoms with Gasteiger partial charge in [-0.15, -0.1) is 0 Å². The van der Waals surface area contributed by atoms with Crippen LogP contribution in [0.25, 0.3) is 0 Å². The average Bonchev–Trinajstić information content (AvgIpc) is 2.56. The third-order valence-electron chi connectivity index (χ3n) is 5.65. The lowest BCUT2D eigenvalue weighted by atomic mass is 9.68. The van der Waals surface area contributed by atoms with E-state index < -0.39 is 0 Å². The third kappa shape index (κ3) is 3.28. The standard InChI is InChI=1S/C18H27ClN2/c19-16-6-4-5-15(13-16)18(14-20)9-7-17(8-10-18)21-11-2-1-3-12-21/h4-6,13,17H,1-3,7-12,14,20H2/t17-,18-. The molecule has 0 radical (unpaired) electrons. The molecule has 1 aromatic carbocycles. The fourth-order valence-corrected chi connectivity index (χ4v) is 4.42. The Morgan fingerprint density at radius 3 is 2.48 bits per heavy atom. The number of nitrogens with two attached hydrogens (primary N) is 1. The van der Waals surface area contributed by atoms with Crippen molar-refractivity contribution in [2.24, 2.45) is 5.73 Å². The van der Waals surface area contributed by atoms with Crippen LogP contribution in [-0.2, 0) is 5.41 Å². The van der Waals surface area contributed by atoms with E-state index in [1.54, 1.807) is 0 Å². The van der Waals surface area contributed by atoms with Gasteiger partial charge in [0.05, 0.1) is 0 Å². The Bertz CT molecular complexity index is 460. The normalized spacial score (nSPS) is 31.2. The fourth-order valence-electron chi connectivity index (χ4n) is 4.23. The van der Waals surface area contributed by atoms with E-state index in [1.165, 1.54) is 63.6 Å². The maximum Gasteiger partial charge on any atom is 0.0408 e. The first kappa shape index (κ1) is 15.3. The molecule has 1 aliphatic carbocycles. The van der Waals surface area contributed by atoms with Gasteiger partial charge in [-0.2, -0.15) is 0 Å². The highest BCUT2D eigenvalue weighted by atomic mass is 35.5. The van der Waals surface area contributed by atoms with E-state index >= 15 is 0 Å². The van der Waals surface area contributed by atoms with E-state index in [0.29, 0.717) is 0 Å². The maximum atomic E-state index is 6.19. The molecule has 1 aliphatic heterocycles. The van der Waals surface area contributed by atoms with Crippen LogP contribution in [0.3, 0.4) is 0 Å². The van der Waals surface area contributed by atoms with Crippen molar-refractivity contribution in [1.29, 1.82) is 0 Å². The van der Waals surface area contributed by atoms with Crippen molar-refractivity contribution < 1.29 is 0 Å². The molecule has 116 valence electrons. The molecule has 1 saturated heterocycles. The Kier molecular flexibility index (Phi) is 4.88. The predicted molar refractivity (Wildman–Crippen MR) is 89.9 cm³/mol. The number of benzene rings is 1. The molecule has 1 aromatic rings. The third-order valence-corrected chi connectivity index (χ3v) is 5.88. The lowest BCUT2D eigenvalue weighted by Gasteiger charge is -2.44. The van der Waals surface area contributed by atoms with Gasteiger partial charge >= 0.3 is 0 Å². The summed E-state index contributed by atoms with van der Waals surface area (Å²) in [5.41, 5.74) is 7.68. The zero-order chi connectivity index (χ0) is 14.7. The van der Waals surface area contributed by atoms with E-state index in [0.717, 1.165) is 17.6 Å². The Balaban J connectivity index is 1.69. The van der Waals surface area contributed by atoms with Crippen molar-refractivity contribution >= 4 is 11.6 Å². The number of hydrogen-bond donors (Lipinski definition) is 1. The Hall–Kier alpha value is -0.570. The van der Waals surface area contributed by atoms with Crippen molar-refractivity contribution in [3.05, 3.63) is 34.9 Å². The highest BCUT2D eigenvalue weighted by molar-refractivity contribution is 6.30. The van der Waals surface area contributed by atoms with Crippen molar-refractivity contribution in [2.75, 3.05) is 19.6 Å². The Morgan fingerprint density at radius 1 is 1.14 bits per heavy atom. The van der Waals surface area contributed by atoms with Gasteiger partial charge in [-0.1, -0.05) is 30.2 Å². The van der Waals surface area contributed by atoms with Gasteiger partial charge < -0.3 is 10.6 Å². The van der Waals surface area contributed by atoms with Crippen LogP contribution in [0.2, 0.25) is 5.02 Å². The van der Waals surface area contributed by atoms with Gasteiger partial charge in [-0.25, -0.2) is 0 Å². The predicted octanol–water partition coefficient (Wildman–Crippen LogP) is 3.97. The van der Waals surface area contributed by atoms with Gasteiger partial charge in [0, 0.05) is 23.0 Å². The van der Waals surface area contributed by atoms with Gasteiger partial charge in [0.15, 0.2) is 0 Å². The molecule has 1 heterocycles. The second-order valence-electron chi connectivity index (χ2n) is 6.82. The first-order chi connectivity index (χ1) is 10.2. The van der Waals surface area contributed by atoms with Crippen LogP contribution < -0.4 is 5.73 Å². The SMILES string of the molecule is NC[C@]1(c2cccc(Cl)c2)CC[C@H](N2CCCCC2)CC1. The summed E-state index contributed by atoms with van der Waals surface area (Å²) >= 11 is 6.18. The summed E-state index contributed by atoms with van der Waals surface area (Å²) < 4.78 is 0. The first-order valence-corrected chi connectivity index (χ1v) is 8.81. The smallest absolute Gasteiger partial charge is 0.0408 e. The fraction of sp³-hybridized carbons (Fsp3) is 0.667. The minimum atomic E-state index is 0.150. The van der Waals surface area contributed by atoms with Crippen molar-refractivity contribution in [3.63, 3.8) is 0 Å². The zero-order valence-electron chi connectivity index (χ0n) is 12.9. The van der Waals surface area contributed by atoms with Crippen molar-refractivity contribution in [2.45, 2.75) is 56.4 Å². The molecule has 0 spiro atoms. The molecule has 2 aliphatic rings. The van der Waals surface area contributed by atoms with Crippen LogP contribution in [0.1, 0.15) is 50.5 Å². The van der Waals surface area contributed by atoms with E-state index in [9.17, 15) is 0 Å². The molecule has 2 fully saturated rings. The van der Waals surface area contributed by atoms with E-state index in [2.05, 4.69) is 23.1 Å². The summed E-state index contributed by atoms with van der Waals surface area (Å²) in [6.45, 7) is 3.34. The highest BCUT2D eigenvalue weighted by Gasteiger charge is 2.37. The summed E-state index contributed by atoms with van der Waals surface area (Å²) in [4.78, 5) is 2.72. The molecular formula is C18H27ClN2. The minimum Gasteiger partial charge on any atom is -0.330 e. The summed E-state index contributed by atoms with van der Waals surface area (Å²) in [5, 5.41) is 0.832. The molecule has 0 amide bonds. The summed E-state index contributed by atoms with van der Waals surface area (Å²) in [7, 11) is 0. The average molecular weight is 307 g/mol. The molecular weight excluding hydrogens is 280 g/mol. The lowest BCUT2D eigenvalue weighted by Crippen LogP contribution is -2.46. The molecule has 1 saturated carbocycles. The molecule has 3 heteroatoms. The molecule has 0 aromatic heterocycles. The van der Waals surface area contributed by atoms with Crippen molar-refractivity contribution in [1.82, 2.24) is 4.90 Å². The highest BCUT2D eigenvalue weighted by Crippen LogP contribution is 2.41. The number of nitrogens with zero attached hydrogens (tertiary/aromatic N) is 1. The summed E-state index contributed by atoms with van der Waals surface area (Å²) in [6.07, 6.45) is 9.14.